The van der Waals surface area contributed by atoms with Crippen molar-refractivity contribution in [2.45, 2.75) is 19.3 Å². The van der Waals surface area contributed by atoms with E-state index in [0.717, 1.165) is 5.69 Å². The molecular formula is C43H31NS. The van der Waals surface area contributed by atoms with E-state index in [1.165, 1.54) is 75.7 Å². The van der Waals surface area contributed by atoms with E-state index in [9.17, 15) is 0 Å². The van der Waals surface area contributed by atoms with Crippen LogP contribution < -0.4 is 4.90 Å². The van der Waals surface area contributed by atoms with Gasteiger partial charge in [-0.05, 0) is 80.6 Å². The van der Waals surface area contributed by atoms with Crippen LogP contribution in [0.5, 0.6) is 0 Å². The van der Waals surface area contributed by atoms with Gasteiger partial charge in [0.2, 0.25) is 0 Å². The maximum absolute atomic E-state index is 2.48. The summed E-state index contributed by atoms with van der Waals surface area (Å²) in [5.41, 5.74) is 11.4. The molecule has 214 valence electrons. The Labute approximate surface area is 267 Å². The number of anilines is 3. The van der Waals surface area contributed by atoms with Gasteiger partial charge in [0.05, 0.1) is 5.69 Å². The molecule has 0 radical (unpaired) electrons. The molecule has 0 bridgehead atoms. The molecule has 0 N–H and O–H groups in total. The second kappa shape index (κ2) is 9.92. The molecule has 8 aromatic rings. The SMILES string of the molecule is CC1(C)c2ccccc2-c2cc(N(c3ccc(-c4ccccc4)cc3)c3cc4ccccc4c4sc5ccccc5c34)ccc21. The van der Waals surface area contributed by atoms with Crippen molar-refractivity contribution in [3.8, 4) is 22.3 Å². The van der Waals surface area contributed by atoms with Crippen molar-refractivity contribution in [3.63, 3.8) is 0 Å². The standard InChI is InChI=1S/C43H31NS/c1-43(2)37-18-10-8-16-34(37)36-27-32(24-25-38(36)43)44(31-22-20-29(21-23-31)28-12-4-3-5-13-28)39-26-30-14-6-7-15-33(30)42-41(39)35-17-9-11-19-40(35)45-42/h3-27H,1-2H3. The quantitative estimate of drug-likeness (QED) is 0.196. The van der Waals surface area contributed by atoms with Gasteiger partial charge in [-0.15, -0.1) is 11.3 Å². The maximum Gasteiger partial charge on any atom is 0.0561 e. The lowest BCUT2D eigenvalue weighted by atomic mass is 9.82. The van der Waals surface area contributed by atoms with Gasteiger partial charge in [0.1, 0.15) is 0 Å². The van der Waals surface area contributed by atoms with Crippen molar-refractivity contribution in [3.05, 3.63) is 163 Å². The number of rotatable bonds is 4. The topological polar surface area (TPSA) is 3.24 Å². The van der Waals surface area contributed by atoms with Crippen LogP contribution in [0.2, 0.25) is 0 Å². The van der Waals surface area contributed by atoms with Gasteiger partial charge < -0.3 is 4.90 Å². The van der Waals surface area contributed by atoms with E-state index in [1.807, 2.05) is 11.3 Å². The first-order valence-electron chi connectivity index (χ1n) is 15.6. The van der Waals surface area contributed by atoms with Crippen molar-refractivity contribution < 1.29 is 0 Å². The molecule has 1 aliphatic carbocycles. The molecule has 0 aliphatic heterocycles. The summed E-state index contributed by atoms with van der Waals surface area (Å²) in [4.78, 5) is 2.48. The van der Waals surface area contributed by atoms with Gasteiger partial charge in [0.15, 0.2) is 0 Å². The highest BCUT2D eigenvalue weighted by atomic mass is 32.1. The van der Waals surface area contributed by atoms with Crippen LogP contribution in [0.3, 0.4) is 0 Å². The minimum absolute atomic E-state index is 0.0353. The van der Waals surface area contributed by atoms with Crippen molar-refractivity contribution in [2.75, 3.05) is 4.90 Å². The lowest BCUT2D eigenvalue weighted by Gasteiger charge is -2.28. The Hall–Kier alpha value is -5.18. The fraction of sp³-hybridized carbons (Fsp3) is 0.0698. The summed E-state index contributed by atoms with van der Waals surface area (Å²) in [6.07, 6.45) is 0. The van der Waals surface area contributed by atoms with Crippen LogP contribution >= 0.6 is 11.3 Å². The van der Waals surface area contributed by atoms with Crippen LogP contribution in [0.25, 0.3) is 53.2 Å². The predicted octanol–water partition coefficient (Wildman–Crippen LogP) is 12.7. The summed E-state index contributed by atoms with van der Waals surface area (Å²) in [5, 5.41) is 5.17. The molecule has 7 aromatic carbocycles. The first kappa shape index (κ1) is 26.2. The highest BCUT2D eigenvalue weighted by molar-refractivity contribution is 7.26. The van der Waals surface area contributed by atoms with E-state index >= 15 is 0 Å². The maximum atomic E-state index is 2.48. The van der Waals surface area contributed by atoms with E-state index in [2.05, 4.69) is 170 Å². The van der Waals surface area contributed by atoms with Gasteiger partial charge in [0.25, 0.3) is 0 Å². The summed E-state index contributed by atoms with van der Waals surface area (Å²) in [6, 6.07) is 55.8. The van der Waals surface area contributed by atoms with Crippen LogP contribution in [-0.2, 0) is 5.41 Å². The van der Waals surface area contributed by atoms with E-state index in [4.69, 9.17) is 0 Å². The van der Waals surface area contributed by atoms with Crippen LogP contribution in [0.4, 0.5) is 17.1 Å². The normalized spacial score (nSPS) is 13.3. The minimum atomic E-state index is -0.0353. The molecule has 0 atom stereocenters. The second-order valence-corrected chi connectivity index (χ2v) is 13.6. The number of nitrogens with zero attached hydrogens (tertiary/aromatic N) is 1. The molecule has 0 fully saturated rings. The monoisotopic (exact) mass is 593 g/mol. The zero-order chi connectivity index (χ0) is 30.1. The molecule has 1 aromatic heterocycles. The highest BCUT2D eigenvalue weighted by Crippen LogP contribution is 2.52. The smallest absolute Gasteiger partial charge is 0.0561 e. The average molecular weight is 594 g/mol. The summed E-state index contributed by atoms with van der Waals surface area (Å²) in [7, 11) is 0. The van der Waals surface area contributed by atoms with Crippen molar-refractivity contribution in [1.82, 2.24) is 0 Å². The molecule has 0 unspecified atom stereocenters. The first-order valence-corrected chi connectivity index (χ1v) is 16.4. The molecule has 0 amide bonds. The molecule has 2 heteroatoms. The summed E-state index contributed by atoms with van der Waals surface area (Å²) in [6.45, 7) is 4.70. The molecule has 1 nitrogen and oxygen atoms in total. The molecule has 0 saturated carbocycles. The fourth-order valence-corrected chi connectivity index (χ4v) is 8.68. The van der Waals surface area contributed by atoms with Gasteiger partial charge in [-0.3, -0.25) is 0 Å². The van der Waals surface area contributed by atoms with E-state index in [-0.39, 0.29) is 5.41 Å². The van der Waals surface area contributed by atoms with Crippen molar-refractivity contribution in [1.29, 1.82) is 0 Å². The highest BCUT2D eigenvalue weighted by Gasteiger charge is 2.35. The third kappa shape index (κ3) is 3.99. The minimum Gasteiger partial charge on any atom is -0.310 e. The number of hydrogen-bond donors (Lipinski definition) is 0. The Kier molecular flexibility index (Phi) is 5.78. The first-order chi connectivity index (χ1) is 22.1. The fourth-order valence-electron chi connectivity index (χ4n) is 7.42. The lowest BCUT2D eigenvalue weighted by Crippen LogP contribution is -2.15. The van der Waals surface area contributed by atoms with Gasteiger partial charge in [0, 0.05) is 37.0 Å². The van der Waals surface area contributed by atoms with Crippen LogP contribution in [0.1, 0.15) is 25.0 Å². The van der Waals surface area contributed by atoms with Gasteiger partial charge >= 0.3 is 0 Å². The van der Waals surface area contributed by atoms with E-state index in [1.54, 1.807) is 0 Å². The molecule has 9 rings (SSSR count). The summed E-state index contributed by atoms with van der Waals surface area (Å²) >= 11 is 1.90. The summed E-state index contributed by atoms with van der Waals surface area (Å²) < 4.78 is 2.65. The molecule has 45 heavy (non-hydrogen) atoms. The molecule has 1 heterocycles. The van der Waals surface area contributed by atoms with Crippen LogP contribution in [0, 0.1) is 0 Å². The molecule has 0 saturated heterocycles. The number of benzene rings is 7. The zero-order valence-electron chi connectivity index (χ0n) is 25.3. The molecular weight excluding hydrogens is 563 g/mol. The van der Waals surface area contributed by atoms with Crippen LogP contribution in [-0.4, -0.2) is 0 Å². The van der Waals surface area contributed by atoms with Gasteiger partial charge in [-0.25, -0.2) is 0 Å². The van der Waals surface area contributed by atoms with E-state index < -0.39 is 0 Å². The van der Waals surface area contributed by atoms with Gasteiger partial charge in [-0.2, -0.15) is 0 Å². The Morgan fingerprint density at radius 3 is 2.00 bits per heavy atom. The number of hydrogen-bond acceptors (Lipinski definition) is 2. The van der Waals surface area contributed by atoms with Crippen molar-refractivity contribution >= 4 is 59.3 Å². The second-order valence-electron chi connectivity index (χ2n) is 12.6. The largest absolute Gasteiger partial charge is 0.310 e. The zero-order valence-corrected chi connectivity index (χ0v) is 26.1. The number of fused-ring (bicyclic) bond motifs is 8. The number of thiophene rings is 1. The Morgan fingerprint density at radius 2 is 1.16 bits per heavy atom. The van der Waals surface area contributed by atoms with Gasteiger partial charge in [-0.1, -0.05) is 129 Å². The van der Waals surface area contributed by atoms with Crippen LogP contribution in [0.15, 0.2) is 152 Å². The third-order valence-electron chi connectivity index (χ3n) is 9.65. The Morgan fingerprint density at radius 1 is 0.511 bits per heavy atom. The average Bonchev–Trinajstić information content (AvgIpc) is 3.59. The third-order valence-corrected chi connectivity index (χ3v) is 10.9. The Bertz CT molecular complexity index is 2400. The van der Waals surface area contributed by atoms with Crippen molar-refractivity contribution in [2.24, 2.45) is 0 Å². The Balaban J connectivity index is 1.34. The molecule has 0 spiro atoms. The summed E-state index contributed by atoms with van der Waals surface area (Å²) in [5.74, 6) is 0. The van der Waals surface area contributed by atoms with E-state index in [0.29, 0.717) is 0 Å². The predicted molar refractivity (Wildman–Crippen MR) is 195 cm³/mol. The lowest BCUT2D eigenvalue weighted by molar-refractivity contribution is 0.660. The molecule has 1 aliphatic rings.